The lowest BCUT2D eigenvalue weighted by atomic mass is 9.85. The molecule has 0 aromatic rings. The van der Waals surface area contributed by atoms with Crippen molar-refractivity contribution in [1.29, 1.82) is 0 Å². The van der Waals surface area contributed by atoms with Crippen molar-refractivity contribution in [3.8, 4) is 0 Å². The van der Waals surface area contributed by atoms with E-state index in [1.165, 1.54) is 9.80 Å². The average molecular weight is 340 g/mol. The number of amides is 2. The molecule has 2 heterocycles. The number of carboxylic acid groups (broad SMARTS) is 1. The maximum Gasteiger partial charge on any atom is 0.326 e. The van der Waals surface area contributed by atoms with Crippen molar-refractivity contribution in [3.05, 3.63) is 0 Å². The zero-order chi connectivity index (χ0) is 18.2. The second-order valence-electron chi connectivity index (χ2n) is 7.28. The molecule has 7 heteroatoms. The van der Waals surface area contributed by atoms with Crippen molar-refractivity contribution >= 4 is 17.8 Å². The van der Waals surface area contributed by atoms with E-state index in [0.717, 1.165) is 0 Å². The normalized spacial score (nSPS) is 36.5. The highest BCUT2D eigenvalue weighted by atomic mass is 16.5. The molecule has 0 aromatic carbocycles. The third kappa shape index (κ3) is 3.41. The lowest BCUT2D eigenvalue weighted by Gasteiger charge is -2.39. The molecule has 0 bridgehead atoms. The fourth-order valence-corrected chi connectivity index (χ4v) is 3.92. The number of aliphatic carboxylic acids is 1. The van der Waals surface area contributed by atoms with Gasteiger partial charge in [-0.05, 0) is 32.6 Å². The molecule has 0 radical (unpaired) electrons. The maximum absolute atomic E-state index is 13.1. The summed E-state index contributed by atoms with van der Waals surface area (Å²) in [5, 5.41) is 9.50. The summed E-state index contributed by atoms with van der Waals surface area (Å²) >= 11 is 0. The van der Waals surface area contributed by atoms with Crippen LogP contribution < -0.4 is 0 Å². The van der Waals surface area contributed by atoms with Crippen molar-refractivity contribution in [2.24, 2.45) is 17.8 Å². The molecule has 0 aliphatic carbocycles. The quantitative estimate of drug-likeness (QED) is 0.822. The predicted octanol–water partition coefficient (Wildman–Crippen LogP) is 0.826. The Morgan fingerprint density at radius 2 is 1.71 bits per heavy atom. The smallest absolute Gasteiger partial charge is 0.326 e. The number of carbonyl (C=O) groups is 3. The van der Waals surface area contributed by atoms with Gasteiger partial charge in [0.1, 0.15) is 6.04 Å². The molecular weight excluding hydrogens is 312 g/mol. The zero-order valence-electron chi connectivity index (χ0n) is 15.1. The summed E-state index contributed by atoms with van der Waals surface area (Å²) in [5.74, 6) is -1.96. The van der Waals surface area contributed by atoms with E-state index in [1.807, 2.05) is 20.8 Å². The Morgan fingerprint density at radius 3 is 2.17 bits per heavy atom. The number of hydrogen-bond donors (Lipinski definition) is 1. The topological polar surface area (TPSA) is 87.2 Å². The molecule has 136 valence electrons. The number of rotatable bonds is 3. The van der Waals surface area contributed by atoms with Crippen molar-refractivity contribution < 1.29 is 24.2 Å². The first-order valence-electron chi connectivity index (χ1n) is 8.55. The molecule has 7 nitrogen and oxygen atoms in total. The Kier molecular flexibility index (Phi) is 5.52. The fourth-order valence-electron chi connectivity index (χ4n) is 3.92. The summed E-state index contributed by atoms with van der Waals surface area (Å²) in [4.78, 5) is 39.8. The van der Waals surface area contributed by atoms with Crippen LogP contribution in [-0.2, 0) is 19.1 Å². The van der Waals surface area contributed by atoms with Gasteiger partial charge in [-0.3, -0.25) is 9.59 Å². The number of likely N-dealkylation sites (tertiary alicyclic amines) is 1. The molecule has 6 unspecified atom stereocenters. The molecule has 2 rings (SSSR count). The van der Waals surface area contributed by atoms with Crippen LogP contribution in [-0.4, -0.2) is 71.6 Å². The lowest BCUT2D eigenvalue weighted by molar-refractivity contribution is -0.158. The molecule has 1 N–H and O–H groups in total. The maximum atomic E-state index is 13.1. The lowest BCUT2D eigenvalue weighted by Crippen LogP contribution is -2.55. The molecule has 0 aromatic heterocycles. The average Bonchev–Trinajstić information content (AvgIpc) is 2.77. The highest BCUT2D eigenvalue weighted by Crippen LogP contribution is 2.35. The van der Waals surface area contributed by atoms with Crippen LogP contribution >= 0.6 is 0 Å². The van der Waals surface area contributed by atoms with Crippen molar-refractivity contribution in [2.75, 3.05) is 20.6 Å². The molecule has 2 aliphatic heterocycles. The van der Waals surface area contributed by atoms with Crippen LogP contribution in [0.4, 0.5) is 0 Å². The van der Waals surface area contributed by atoms with Gasteiger partial charge >= 0.3 is 5.97 Å². The van der Waals surface area contributed by atoms with E-state index in [9.17, 15) is 19.5 Å². The Morgan fingerprint density at radius 1 is 1.08 bits per heavy atom. The number of carboxylic acids is 1. The summed E-state index contributed by atoms with van der Waals surface area (Å²) in [6.45, 7) is 5.90. The van der Waals surface area contributed by atoms with E-state index < -0.39 is 12.0 Å². The van der Waals surface area contributed by atoms with Crippen molar-refractivity contribution in [3.63, 3.8) is 0 Å². The van der Waals surface area contributed by atoms with Gasteiger partial charge in [-0.2, -0.15) is 0 Å². The first kappa shape index (κ1) is 18.7. The minimum Gasteiger partial charge on any atom is -0.480 e. The van der Waals surface area contributed by atoms with Gasteiger partial charge in [-0.25, -0.2) is 4.79 Å². The highest BCUT2D eigenvalue weighted by molar-refractivity contribution is 5.87. The van der Waals surface area contributed by atoms with E-state index in [-0.39, 0.29) is 48.3 Å². The monoisotopic (exact) mass is 340 g/mol. The first-order chi connectivity index (χ1) is 11.1. The van der Waals surface area contributed by atoms with Crippen LogP contribution in [0.3, 0.4) is 0 Å². The predicted molar refractivity (Wildman–Crippen MR) is 87.2 cm³/mol. The van der Waals surface area contributed by atoms with Gasteiger partial charge in [0.15, 0.2) is 0 Å². The third-order valence-corrected chi connectivity index (χ3v) is 5.47. The van der Waals surface area contributed by atoms with Gasteiger partial charge in [0.05, 0.1) is 24.0 Å². The van der Waals surface area contributed by atoms with Crippen LogP contribution in [0.1, 0.15) is 33.6 Å². The number of nitrogens with zero attached hydrogens (tertiary/aromatic N) is 2. The number of piperidine rings is 1. The molecule has 2 fully saturated rings. The molecule has 6 atom stereocenters. The molecule has 2 amide bonds. The zero-order valence-corrected chi connectivity index (χ0v) is 15.1. The number of hydrogen-bond acceptors (Lipinski definition) is 4. The Labute approximate surface area is 142 Å². The highest BCUT2D eigenvalue weighted by Gasteiger charge is 2.47. The summed E-state index contributed by atoms with van der Waals surface area (Å²) in [6.07, 6.45) is 0.501. The van der Waals surface area contributed by atoms with Gasteiger partial charge < -0.3 is 19.6 Å². The SMILES string of the molecule is CC1OC(C)C(C(=O)N2CC(C(=O)N(C)C)CCC2C(=O)O)C1C. The summed E-state index contributed by atoms with van der Waals surface area (Å²) in [5.41, 5.74) is 0. The van der Waals surface area contributed by atoms with E-state index in [1.54, 1.807) is 14.1 Å². The Hall–Kier alpha value is -1.63. The summed E-state index contributed by atoms with van der Waals surface area (Å²) < 4.78 is 5.74. The van der Waals surface area contributed by atoms with Gasteiger partial charge in [-0.1, -0.05) is 6.92 Å². The molecule has 2 saturated heterocycles. The standard InChI is InChI=1S/C17H28N2O5/c1-9-10(2)24-11(3)14(9)16(21)19-8-12(15(20)18(4)5)6-7-13(19)17(22)23/h9-14H,6-8H2,1-5H3,(H,22,23). The molecule has 24 heavy (non-hydrogen) atoms. The fraction of sp³-hybridized carbons (Fsp3) is 0.824. The van der Waals surface area contributed by atoms with Crippen molar-refractivity contribution in [2.45, 2.75) is 51.9 Å². The van der Waals surface area contributed by atoms with Gasteiger partial charge in [0, 0.05) is 20.6 Å². The molecule has 2 aliphatic rings. The van der Waals surface area contributed by atoms with Gasteiger partial charge in [-0.15, -0.1) is 0 Å². The van der Waals surface area contributed by atoms with Crippen molar-refractivity contribution in [1.82, 2.24) is 9.80 Å². The minimum atomic E-state index is -1.01. The van der Waals surface area contributed by atoms with E-state index in [2.05, 4.69) is 0 Å². The van der Waals surface area contributed by atoms with Crippen LogP contribution in [0.15, 0.2) is 0 Å². The van der Waals surface area contributed by atoms with Gasteiger partial charge in [0.25, 0.3) is 0 Å². The molecule has 0 spiro atoms. The van der Waals surface area contributed by atoms with Crippen LogP contribution in [0.5, 0.6) is 0 Å². The largest absolute Gasteiger partial charge is 0.480 e. The van der Waals surface area contributed by atoms with Gasteiger partial charge in [0.2, 0.25) is 11.8 Å². The van der Waals surface area contributed by atoms with Crippen LogP contribution in [0, 0.1) is 17.8 Å². The van der Waals surface area contributed by atoms with E-state index >= 15 is 0 Å². The van der Waals surface area contributed by atoms with E-state index in [4.69, 9.17) is 4.74 Å². The summed E-state index contributed by atoms with van der Waals surface area (Å²) in [7, 11) is 3.35. The number of ether oxygens (including phenoxy) is 1. The second-order valence-corrected chi connectivity index (χ2v) is 7.28. The number of carbonyl (C=O) groups excluding carboxylic acids is 2. The summed E-state index contributed by atoms with van der Waals surface area (Å²) in [6, 6.07) is -0.862. The second kappa shape index (κ2) is 7.09. The molecular formula is C17H28N2O5. The first-order valence-corrected chi connectivity index (χ1v) is 8.55. The third-order valence-electron chi connectivity index (χ3n) is 5.47. The molecule has 0 saturated carbocycles. The van der Waals surface area contributed by atoms with Crippen LogP contribution in [0.2, 0.25) is 0 Å². The Balaban J connectivity index is 2.23. The minimum absolute atomic E-state index is 0.0203. The Bertz CT molecular complexity index is 521. The van der Waals surface area contributed by atoms with E-state index in [0.29, 0.717) is 12.8 Å². The van der Waals surface area contributed by atoms with Crippen LogP contribution in [0.25, 0.3) is 0 Å².